The van der Waals surface area contributed by atoms with Crippen LogP contribution in [0.4, 0.5) is 4.39 Å². The third kappa shape index (κ3) is 3.86. The molecule has 0 saturated heterocycles. The van der Waals surface area contributed by atoms with Gasteiger partial charge in [0.1, 0.15) is 23.4 Å². The van der Waals surface area contributed by atoms with Gasteiger partial charge in [-0.2, -0.15) is 0 Å². The molecule has 2 unspecified atom stereocenters. The van der Waals surface area contributed by atoms with E-state index in [9.17, 15) is 4.39 Å². The predicted molar refractivity (Wildman–Crippen MR) is 81.4 cm³/mol. The number of methoxy groups -OCH3 is 1. The summed E-state index contributed by atoms with van der Waals surface area (Å²) < 4.78 is 24.2. The molecule has 112 valence electrons. The van der Waals surface area contributed by atoms with Gasteiger partial charge < -0.3 is 15.2 Å². The van der Waals surface area contributed by atoms with Crippen LogP contribution in [0.1, 0.15) is 18.6 Å². The zero-order valence-corrected chi connectivity index (χ0v) is 12.6. The molecular weight excluding hydrogens is 293 g/mol. The third-order valence-corrected chi connectivity index (χ3v) is 3.37. The molecule has 0 bridgehead atoms. The van der Waals surface area contributed by atoms with E-state index < -0.39 is 5.82 Å². The van der Waals surface area contributed by atoms with Crippen molar-refractivity contribution < 1.29 is 13.9 Å². The first-order valence-electron chi connectivity index (χ1n) is 6.52. The maximum Gasteiger partial charge on any atom is 0.142 e. The highest BCUT2D eigenvalue weighted by Crippen LogP contribution is 2.28. The first-order chi connectivity index (χ1) is 10.0. The van der Waals surface area contributed by atoms with Gasteiger partial charge in [0.2, 0.25) is 0 Å². The highest BCUT2D eigenvalue weighted by atomic mass is 35.5. The van der Waals surface area contributed by atoms with E-state index >= 15 is 0 Å². The molecule has 0 aliphatic heterocycles. The molecule has 2 aromatic carbocycles. The lowest BCUT2D eigenvalue weighted by molar-refractivity contribution is 0.180. The topological polar surface area (TPSA) is 44.5 Å². The van der Waals surface area contributed by atoms with Crippen molar-refractivity contribution in [1.82, 2.24) is 0 Å². The van der Waals surface area contributed by atoms with Gasteiger partial charge in [0.05, 0.1) is 12.1 Å². The molecule has 2 aromatic rings. The SMILES string of the molecule is COc1ccc(C(Oc2ccc(F)c(Cl)c2)C(C)N)cc1. The molecule has 3 nitrogen and oxygen atoms in total. The van der Waals surface area contributed by atoms with Crippen molar-refractivity contribution in [1.29, 1.82) is 0 Å². The number of hydrogen-bond donors (Lipinski definition) is 1. The van der Waals surface area contributed by atoms with Crippen LogP contribution in [-0.4, -0.2) is 13.2 Å². The van der Waals surface area contributed by atoms with Gasteiger partial charge >= 0.3 is 0 Å². The molecule has 0 fully saturated rings. The van der Waals surface area contributed by atoms with Crippen molar-refractivity contribution in [3.8, 4) is 11.5 Å². The fraction of sp³-hybridized carbons (Fsp3) is 0.250. The summed E-state index contributed by atoms with van der Waals surface area (Å²) in [7, 11) is 1.61. The Morgan fingerprint density at radius 1 is 1.10 bits per heavy atom. The average molecular weight is 310 g/mol. The number of hydrogen-bond acceptors (Lipinski definition) is 3. The summed E-state index contributed by atoms with van der Waals surface area (Å²) in [6.07, 6.45) is -0.363. The van der Waals surface area contributed by atoms with Crippen LogP contribution in [-0.2, 0) is 0 Å². The van der Waals surface area contributed by atoms with Gasteiger partial charge in [-0.1, -0.05) is 23.7 Å². The molecule has 0 aliphatic rings. The zero-order chi connectivity index (χ0) is 15.4. The molecule has 0 spiro atoms. The number of benzene rings is 2. The second kappa shape index (κ2) is 6.78. The van der Waals surface area contributed by atoms with Crippen LogP contribution in [0.2, 0.25) is 5.02 Å². The summed E-state index contributed by atoms with van der Waals surface area (Å²) in [5.74, 6) is 0.748. The van der Waals surface area contributed by atoms with Gasteiger partial charge in [0.25, 0.3) is 0 Å². The monoisotopic (exact) mass is 309 g/mol. The quantitative estimate of drug-likeness (QED) is 0.909. The molecule has 0 amide bonds. The van der Waals surface area contributed by atoms with Crippen molar-refractivity contribution in [2.45, 2.75) is 19.1 Å². The van der Waals surface area contributed by atoms with E-state index in [0.29, 0.717) is 5.75 Å². The Morgan fingerprint density at radius 3 is 2.24 bits per heavy atom. The van der Waals surface area contributed by atoms with Crippen molar-refractivity contribution >= 4 is 11.6 Å². The molecule has 5 heteroatoms. The number of nitrogens with two attached hydrogens (primary N) is 1. The highest BCUT2D eigenvalue weighted by molar-refractivity contribution is 6.30. The molecule has 0 aliphatic carbocycles. The van der Waals surface area contributed by atoms with Gasteiger partial charge in [-0.05, 0) is 36.8 Å². The maximum absolute atomic E-state index is 13.2. The Balaban J connectivity index is 2.23. The summed E-state index contributed by atoms with van der Waals surface area (Å²) >= 11 is 5.76. The predicted octanol–water partition coefficient (Wildman–Crippen LogP) is 3.96. The summed E-state index contributed by atoms with van der Waals surface area (Å²) in [6.45, 7) is 1.85. The largest absolute Gasteiger partial charge is 0.497 e. The van der Waals surface area contributed by atoms with Gasteiger partial charge in [0, 0.05) is 12.1 Å². The van der Waals surface area contributed by atoms with Crippen LogP contribution in [0.15, 0.2) is 42.5 Å². The second-order valence-electron chi connectivity index (χ2n) is 4.75. The maximum atomic E-state index is 13.2. The lowest BCUT2D eigenvalue weighted by Crippen LogP contribution is -2.29. The number of rotatable bonds is 5. The number of ether oxygens (including phenoxy) is 2. The van der Waals surface area contributed by atoms with E-state index in [1.54, 1.807) is 7.11 Å². The van der Waals surface area contributed by atoms with Crippen molar-refractivity contribution in [3.05, 3.63) is 58.9 Å². The Bertz CT molecular complexity index is 602. The molecule has 2 atom stereocenters. The molecule has 2 N–H and O–H groups in total. The normalized spacial score (nSPS) is 13.6. The van der Waals surface area contributed by atoms with Crippen LogP contribution < -0.4 is 15.2 Å². The van der Waals surface area contributed by atoms with Crippen LogP contribution >= 0.6 is 11.6 Å². The number of halogens is 2. The molecular formula is C16H17ClFNO2. The van der Waals surface area contributed by atoms with Gasteiger partial charge in [-0.25, -0.2) is 4.39 Å². The Hall–Kier alpha value is -1.78. The Morgan fingerprint density at radius 2 is 1.71 bits per heavy atom. The van der Waals surface area contributed by atoms with E-state index in [4.69, 9.17) is 26.8 Å². The molecule has 2 rings (SSSR count). The van der Waals surface area contributed by atoms with Crippen LogP contribution in [0.3, 0.4) is 0 Å². The molecule has 0 heterocycles. The Kier molecular flexibility index (Phi) is 5.04. The minimum atomic E-state index is -0.481. The third-order valence-electron chi connectivity index (χ3n) is 3.08. The van der Waals surface area contributed by atoms with E-state index in [1.165, 1.54) is 18.2 Å². The second-order valence-corrected chi connectivity index (χ2v) is 5.15. The molecule has 0 saturated carbocycles. The summed E-state index contributed by atoms with van der Waals surface area (Å²) in [6, 6.07) is 11.4. The van der Waals surface area contributed by atoms with Crippen molar-refractivity contribution in [2.24, 2.45) is 5.73 Å². The van der Waals surface area contributed by atoms with Crippen LogP contribution in [0, 0.1) is 5.82 Å². The zero-order valence-electron chi connectivity index (χ0n) is 11.8. The average Bonchev–Trinajstić information content (AvgIpc) is 2.48. The summed E-state index contributed by atoms with van der Waals surface area (Å²) in [5, 5.41) is 0.0191. The van der Waals surface area contributed by atoms with E-state index in [-0.39, 0.29) is 17.2 Å². The Labute approximate surface area is 128 Å². The summed E-state index contributed by atoms with van der Waals surface area (Å²) in [5.41, 5.74) is 6.90. The van der Waals surface area contributed by atoms with Gasteiger partial charge in [-0.15, -0.1) is 0 Å². The molecule has 0 aromatic heterocycles. The minimum Gasteiger partial charge on any atom is -0.497 e. The first kappa shape index (κ1) is 15.6. The lowest BCUT2D eigenvalue weighted by Gasteiger charge is -2.23. The van der Waals surface area contributed by atoms with Gasteiger partial charge in [-0.3, -0.25) is 0 Å². The smallest absolute Gasteiger partial charge is 0.142 e. The van der Waals surface area contributed by atoms with E-state index in [1.807, 2.05) is 31.2 Å². The molecule has 21 heavy (non-hydrogen) atoms. The highest BCUT2D eigenvalue weighted by Gasteiger charge is 2.19. The standard InChI is InChI=1S/C16H17ClFNO2/c1-10(19)16(11-3-5-12(20-2)6-4-11)21-13-7-8-15(18)14(17)9-13/h3-10,16H,19H2,1-2H3. The fourth-order valence-electron chi connectivity index (χ4n) is 1.97. The minimum absolute atomic E-state index is 0.0191. The van der Waals surface area contributed by atoms with Crippen molar-refractivity contribution in [3.63, 3.8) is 0 Å². The molecule has 0 radical (unpaired) electrons. The fourth-order valence-corrected chi connectivity index (χ4v) is 2.14. The van der Waals surface area contributed by atoms with E-state index in [0.717, 1.165) is 11.3 Å². The lowest BCUT2D eigenvalue weighted by atomic mass is 10.0. The van der Waals surface area contributed by atoms with Gasteiger partial charge in [0.15, 0.2) is 0 Å². The first-order valence-corrected chi connectivity index (χ1v) is 6.90. The van der Waals surface area contributed by atoms with Crippen molar-refractivity contribution in [2.75, 3.05) is 7.11 Å². The van der Waals surface area contributed by atoms with E-state index in [2.05, 4.69) is 0 Å². The summed E-state index contributed by atoms with van der Waals surface area (Å²) in [4.78, 5) is 0. The van der Waals surface area contributed by atoms with Crippen LogP contribution in [0.25, 0.3) is 0 Å². The van der Waals surface area contributed by atoms with Crippen LogP contribution in [0.5, 0.6) is 11.5 Å².